The van der Waals surface area contributed by atoms with E-state index in [1.165, 1.54) is 19.3 Å². The first kappa shape index (κ1) is 21.5. The monoisotopic (exact) mass is 382 g/mol. The maximum absolute atomic E-state index is 12.3. The van der Waals surface area contributed by atoms with Crippen LogP contribution in [0.15, 0.2) is 60.2 Å². The normalized spacial score (nSPS) is 11.2. The van der Waals surface area contributed by atoms with Crippen molar-refractivity contribution in [2.75, 3.05) is 13.2 Å². The van der Waals surface area contributed by atoms with Gasteiger partial charge in [-0.15, -0.1) is 0 Å². The van der Waals surface area contributed by atoms with E-state index in [0.717, 1.165) is 23.5 Å². The van der Waals surface area contributed by atoms with E-state index in [1.54, 1.807) is 36.4 Å². The van der Waals surface area contributed by atoms with Gasteiger partial charge >= 0.3 is 5.97 Å². The molecule has 0 aliphatic carbocycles. The van der Waals surface area contributed by atoms with Gasteiger partial charge in [-0.05, 0) is 74.4 Å². The minimum absolute atomic E-state index is 0.399. The SMILES string of the molecule is CC=C(C)COc1ccc(C(=O)Oc2ccc(OCCCCCC)cc2)cc1. The predicted octanol–water partition coefficient (Wildman–Crippen LogP) is 6.21. The fourth-order valence-corrected chi connectivity index (χ4v) is 2.46. The molecule has 0 amide bonds. The van der Waals surface area contributed by atoms with Crippen LogP contribution in [-0.2, 0) is 0 Å². The van der Waals surface area contributed by atoms with Gasteiger partial charge in [0.15, 0.2) is 0 Å². The number of carbonyl (C=O) groups excluding carboxylic acids is 1. The van der Waals surface area contributed by atoms with Gasteiger partial charge in [-0.1, -0.05) is 32.3 Å². The lowest BCUT2D eigenvalue weighted by Crippen LogP contribution is -2.08. The number of allylic oxidation sites excluding steroid dienone is 1. The molecule has 150 valence electrons. The summed E-state index contributed by atoms with van der Waals surface area (Å²) >= 11 is 0. The third-order valence-electron chi connectivity index (χ3n) is 4.35. The first-order valence-corrected chi connectivity index (χ1v) is 9.92. The minimum Gasteiger partial charge on any atom is -0.494 e. The van der Waals surface area contributed by atoms with E-state index in [-0.39, 0.29) is 0 Å². The maximum atomic E-state index is 12.3. The Kier molecular flexibility index (Phi) is 9.13. The predicted molar refractivity (Wildman–Crippen MR) is 112 cm³/mol. The zero-order valence-corrected chi connectivity index (χ0v) is 17.1. The summed E-state index contributed by atoms with van der Waals surface area (Å²) in [5.41, 5.74) is 1.63. The number of hydrogen-bond donors (Lipinski definition) is 0. The number of unbranched alkanes of at least 4 members (excludes halogenated alkanes) is 3. The molecule has 2 rings (SSSR count). The third kappa shape index (κ3) is 7.47. The van der Waals surface area contributed by atoms with Gasteiger partial charge in [0, 0.05) is 0 Å². The quantitative estimate of drug-likeness (QED) is 0.201. The Morgan fingerprint density at radius 3 is 2.11 bits per heavy atom. The summed E-state index contributed by atoms with van der Waals surface area (Å²) in [6.45, 7) is 7.42. The molecular weight excluding hydrogens is 352 g/mol. The van der Waals surface area contributed by atoms with Gasteiger partial charge in [0.25, 0.3) is 0 Å². The minimum atomic E-state index is -0.399. The first-order valence-electron chi connectivity index (χ1n) is 9.92. The Morgan fingerprint density at radius 2 is 1.46 bits per heavy atom. The molecule has 28 heavy (non-hydrogen) atoms. The maximum Gasteiger partial charge on any atom is 0.343 e. The molecular formula is C24H30O4. The zero-order valence-electron chi connectivity index (χ0n) is 17.1. The second kappa shape index (κ2) is 11.9. The van der Waals surface area contributed by atoms with Crippen molar-refractivity contribution in [3.05, 3.63) is 65.7 Å². The average molecular weight is 383 g/mol. The van der Waals surface area contributed by atoms with Crippen LogP contribution in [0, 0.1) is 0 Å². The van der Waals surface area contributed by atoms with E-state index < -0.39 is 5.97 Å². The van der Waals surface area contributed by atoms with E-state index in [0.29, 0.717) is 24.5 Å². The molecule has 0 aliphatic rings. The topological polar surface area (TPSA) is 44.8 Å². The number of esters is 1. The highest BCUT2D eigenvalue weighted by atomic mass is 16.5. The molecule has 0 radical (unpaired) electrons. The van der Waals surface area contributed by atoms with Gasteiger partial charge in [-0.3, -0.25) is 0 Å². The van der Waals surface area contributed by atoms with Gasteiger partial charge in [0.1, 0.15) is 23.9 Å². The number of hydrogen-bond acceptors (Lipinski definition) is 4. The molecule has 0 saturated heterocycles. The van der Waals surface area contributed by atoms with Crippen molar-refractivity contribution in [3.63, 3.8) is 0 Å². The molecule has 4 nitrogen and oxygen atoms in total. The zero-order chi connectivity index (χ0) is 20.2. The average Bonchev–Trinajstić information content (AvgIpc) is 2.73. The molecule has 0 spiro atoms. The lowest BCUT2D eigenvalue weighted by atomic mass is 10.2. The third-order valence-corrected chi connectivity index (χ3v) is 4.35. The van der Waals surface area contributed by atoms with Crippen LogP contribution in [0.25, 0.3) is 0 Å². The Morgan fingerprint density at radius 1 is 0.857 bits per heavy atom. The van der Waals surface area contributed by atoms with Crippen LogP contribution in [0.5, 0.6) is 17.2 Å². The number of carbonyl (C=O) groups is 1. The summed E-state index contributed by atoms with van der Waals surface area (Å²) in [5, 5.41) is 0. The molecule has 2 aromatic rings. The highest BCUT2D eigenvalue weighted by molar-refractivity contribution is 5.91. The van der Waals surface area contributed by atoms with Crippen molar-refractivity contribution in [2.24, 2.45) is 0 Å². The van der Waals surface area contributed by atoms with Gasteiger partial charge < -0.3 is 14.2 Å². The first-order chi connectivity index (χ1) is 13.6. The standard InChI is InChI=1S/C24H30O4/c1-4-6-7-8-17-26-21-13-15-23(16-14-21)28-24(25)20-9-11-22(12-10-20)27-18-19(3)5-2/h5,9-16H,4,6-8,17-18H2,1-3H3. The van der Waals surface area contributed by atoms with Crippen molar-refractivity contribution in [1.29, 1.82) is 0 Å². The summed E-state index contributed by atoms with van der Waals surface area (Å²) in [4.78, 5) is 12.3. The Labute approximate surface area is 168 Å². The summed E-state index contributed by atoms with van der Waals surface area (Å²) < 4.78 is 16.8. The fourth-order valence-electron chi connectivity index (χ4n) is 2.46. The van der Waals surface area contributed by atoms with Crippen LogP contribution in [0.2, 0.25) is 0 Å². The highest BCUT2D eigenvalue weighted by Gasteiger charge is 2.09. The molecule has 0 aromatic heterocycles. The second-order valence-corrected chi connectivity index (χ2v) is 6.72. The van der Waals surface area contributed by atoms with Gasteiger partial charge in [-0.25, -0.2) is 4.79 Å². The van der Waals surface area contributed by atoms with Crippen molar-refractivity contribution >= 4 is 5.97 Å². The highest BCUT2D eigenvalue weighted by Crippen LogP contribution is 2.20. The van der Waals surface area contributed by atoms with Crippen molar-refractivity contribution < 1.29 is 19.0 Å². The molecule has 0 unspecified atom stereocenters. The van der Waals surface area contributed by atoms with Gasteiger partial charge in [0.05, 0.1) is 12.2 Å². The van der Waals surface area contributed by atoms with Gasteiger partial charge in [0.2, 0.25) is 0 Å². The lowest BCUT2D eigenvalue weighted by molar-refractivity contribution is 0.0734. The van der Waals surface area contributed by atoms with Crippen LogP contribution < -0.4 is 14.2 Å². The number of rotatable bonds is 11. The van der Waals surface area contributed by atoms with E-state index in [2.05, 4.69) is 6.92 Å². The molecule has 0 atom stereocenters. The van der Waals surface area contributed by atoms with Crippen LogP contribution in [-0.4, -0.2) is 19.2 Å². The van der Waals surface area contributed by atoms with Crippen LogP contribution in [0.3, 0.4) is 0 Å². The fraction of sp³-hybridized carbons (Fsp3) is 0.375. The Bertz CT molecular complexity index is 745. The van der Waals surface area contributed by atoms with E-state index in [1.807, 2.05) is 32.1 Å². The second-order valence-electron chi connectivity index (χ2n) is 6.72. The molecule has 0 fully saturated rings. The van der Waals surface area contributed by atoms with Crippen LogP contribution in [0.4, 0.5) is 0 Å². The molecule has 0 aliphatic heterocycles. The van der Waals surface area contributed by atoms with E-state index >= 15 is 0 Å². The van der Waals surface area contributed by atoms with Crippen LogP contribution in [0.1, 0.15) is 56.8 Å². The van der Waals surface area contributed by atoms with Crippen molar-refractivity contribution in [1.82, 2.24) is 0 Å². The smallest absolute Gasteiger partial charge is 0.343 e. The molecule has 2 aromatic carbocycles. The number of benzene rings is 2. The lowest BCUT2D eigenvalue weighted by Gasteiger charge is -2.09. The Balaban J connectivity index is 1.81. The molecule has 0 saturated carbocycles. The molecule has 4 heteroatoms. The van der Waals surface area contributed by atoms with Gasteiger partial charge in [-0.2, -0.15) is 0 Å². The van der Waals surface area contributed by atoms with E-state index in [9.17, 15) is 4.79 Å². The molecule has 0 heterocycles. The molecule has 0 bridgehead atoms. The Hall–Kier alpha value is -2.75. The number of ether oxygens (including phenoxy) is 3. The van der Waals surface area contributed by atoms with Crippen molar-refractivity contribution in [3.8, 4) is 17.2 Å². The summed E-state index contributed by atoms with van der Waals surface area (Å²) in [5.74, 6) is 1.60. The summed E-state index contributed by atoms with van der Waals surface area (Å²) in [7, 11) is 0. The molecule has 0 N–H and O–H groups in total. The summed E-state index contributed by atoms with van der Waals surface area (Å²) in [6.07, 6.45) is 6.70. The summed E-state index contributed by atoms with van der Waals surface area (Å²) in [6, 6.07) is 14.1. The largest absolute Gasteiger partial charge is 0.494 e. The van der Waals surface area contributed by atoms with Crippen LogP contribution >= 0.6 is 0 Å². The van der Waals surface area contributed by atoms with E-state index in [4.69, 9.17) is 14.2 Å². The van der Waals surface area contributed by atoms with Crippen molar-refractivity contribution in [2.45, 2.75) is 46.5 Å².